The predicted octanol–water partition coefficient (Wildman–Crippen LogP) is 9.98. The van der Waals surface area contributed by atoms with Gasteiger partial charge in [-0.15, -0.1) is 0 Å². The monoisotopic (exact) mass is 521 g/mol. The Morgan fingerprint density at radius 1 is 0.846 bits per heavy atom. The normalized spacial score (nSPS) is 24.5. The molecule has 0 fully saturated rings. The van der Waals surface area contributed by atoms with E-state index in [4.69, 9.17) is 0 Å². The number of imidazole rings is 1. The topological polar surface area (TPSA) is 8.81 Å². The minimum Gasteiger partial charge on any atom is -0.216 e. The predicted molar refractivity (Wildman–Crippen MR) is 168 cm³/mol. The highest BCUT2D eigenvalue weighted by molar-refractivity contribution is 5.85. The van der Waals surface area contributed by atoms with Crippen molar-refractivity contribution in [3.8, 4) is 11.4 Å². The van der Waals surface area contributed by atoms with Gasteiger partial charge in [0.2, 0.25) is 0 Å². The fourth-order valence-electron chi connectivity index (χ4n) is 7.61. The summed E-state index contributed by atoms with van der Waals surface area (Å²) in [6.07, 6.45) is 16.6. The van der Waals surface area contributed by atoms with Gasteiger partial charge in [-0.3, -0.25) is 0 Å². The lowest BCUT2D eigenvalue weighted by molar-refractivity contribution is -0.743. The average molecular weight is 522 g/mol. The van der Waals surface area contributed by atoms with Gasteiger partial charge in [-0.1, -0.05) is 109 Å². The highest BCUT2D eigenvalue weighted by atomic mass is 15.2. The number of aromatic nitrogens is 2. The van der Waals surface area contributed by atoms with Crippen molar-refractivity contribution in [1.82, 2.24) is 4.57 Å². The van der Waals surface area contributed by atoms with Crippen LogP contribution in [0, 0.1) is 11.3 Å². The maximum atomic E-state index is 2.73. The molecule has 2 aromatic carbocycles. The highest BCUT2D eigenvalue weighted by Gasteiger charge is 2.57. The third-order valence-electron chi connectivity index (χ3n) is 10.4. The first-order valence-corrected chi connectivity index (χ1v) is 15.4. The van der Waals surface area contributed by atoms with Crippen LogP contribution < -0.4 is 4.57 Å². The smallest absolute Gasteiger partial charge is 0.216 e. The van der Waals surface area contributed by atoms with Crippen molar-refractivity contribution in [3.63, 3.8) is 0 Å². The Labute approximate surface area is 237 Å². The molecule has 3 unspecified atom stereocenters. The number of fused-ring (bicyclic) bond motifs is 5. The van der Waals surface area contributed by atoms with Crippen LogP contribution in [0.5, 0.6) is 0 Å². The molecule has 3 atom stereocenters. The zero-order chi connectivity index (χ0) is 28.0. The fourth-order valence-corrected chi connectivity index (χ4v) is 7.61. The molecule has 39 heavy (non-hydrogen) atoms. The van der Waals surface area contributed by atoms with Crippen LogP contribution in [0.2, 0.25) is 0 Å². The number of hydrogen-bond acceptors (Lipinski definition) is 0. The molecule has 1 aliphatic carbocycles. The van der Waals surface area contributed by atoms with Gasteiger partial charge in [0, 0.05) is 10.8 Å². The average Bonchev–Trinajstić information content (AvgIpc) is 3.19. The van der Waals surface area contributed by atoms with Gasteiger partial charge >= 0.3 is 0 Å². The Morgan fingerprint density at radius 3 is 2.28 bits per heavy atom. The van der Waals surface area contributed by atoms with Crippen LogP contribution in [0.3, 0.4) is 0 Å². The summed E-state index contributed by atoms with van der Waals surface area (Å²) in [7, 11) is 0. The van der Waals surface area contributed by atoms with Crippen molar-refractivity contribution < 1.29 is 4.57 Å². The summed E-state index contributed by atoms with van der Waals surface area (Å²) < 4.78 is 5.40. The minimum absolute atomic E-state index is 0.0222. The van der Waals surface area contributed by atoms with E-state index in [9.17, 15) is 0 Å². The van der Waals surface area contributed by atoms with Gasteiger partial charge in [0.15, 0.2) is 11.0 Å². The van der Waals surface area contributed by atoms with Crippen molar-refractivity contribution in [2.75, 3.05) is 0 Å². The molecule has 206 valence electrons. The summed E-state index contributed by atoms with van der Waals surface area (Å²) in [5.41, 5.74) is 8.24. The lowest BCUT2D eigenvalue weighted by Crippen LogP contribution is -2.67. The Morgan fingerprint density at radius 2 is 1.56 bits per heavy atom. The van der Waals surface area contributed by atoms with Gasteiger partial charge in [-0.25, -0.2) is 4.57 Å². The van der Waals surface area contributed by atoms with E-state index in [1.54, 1.807) is 0 Å². The molecule has 2 aliphatic rings. The van der Waals surface area contributed by atoms with Crippen LogP contribution in [0.15, 0.2) is 78.4 Å². The van der Waals surface area contributed by atoms with Crippen LogP contribution in [-0.4, -0.2) is 4.57 Å². The SMILES string of the molecule is CCCCCC(C)C1=C(n2c3[n+](c4ccccc42)C(C)(CC)C(C)(CC)c2ccccc2-3)C(C)(C)C=CC=C1. The summed E-state index contributed by atoms with van der Waals surface area (Å²) in [6.45, 7) is 19.3. The molecule has 2 nitrogen and oxygen atoms in total. The first-order valence-electron chi connectivity index (χ1n) is 15.4. The van der Waals surface area contributed by atoms with Gasteiger partial charge in [0.05, 0.1) is 5.56 Å². The maximum absolute atomic E-state index is 2.73. The Bertz CT molecular complexity index is 1460. The molecule has 0 spiro atoms. The van der Waals surface area contributed by atoms with Gasteiger partial charge in [-0.05, 0) is 75.3 Å². The molecule has 5 rings (SSSR count). The molecular weight excluding hydrogens is 472 g/mol. The first kappa shape index (κ1) is 27.7. The van der Waals surface area contributed by atoms with Crippen molar-refractivity contribution >= 4 is 16.7 Å². The molecule has 0 radical (unpaired) electrons. The molecule has 2 heterocycles. The Balaban J connectivity index is 1.95. The van der Waals surface area contributed by atoms with Crippen molar-refractivity contribution in [3.05, 3.63) is 84.0 Å². The number of unbranched alkanes of at least 4 members (excludes halogenated alkanes) is 2. The van der Waals surface area contributed by atoms with Crippen LogP contribution >= 0.6 is 0 Å². The number of allylic oxidation sites excluding steroid dienone is 6. The van der Waals surface area contributed by atoms with Crippen molar-refractivity contribution in [1.29, 1.82) is 0 Å². The van der Waals surface area contributed by atoms with E-state index in [1.165, 1.54) is 64.9 Å². The van der Waals surface area contributed by atoms with E-state index in [0.29, 0.717) is 5.92 Å². The number of para-hydroxylation sites is 2. The standard InChI is InChI=1S/C37H49N2/c1-9-12-13-20-27(4)28-21-18-19-26-35(5,6)33(28)38-31-24-16-17-25-32(31)39-34(38)29-22-14-15-23-30(29)36(7,10-2)37(39,8)11-3/h14-19,21-27H,9-13,20H2,1-8H3/q+1. The quantitative estimate of drug-likeness (QED) is 0.206. The zero-order valence-corrected chi connectivity index (χ0v) is 25.6. The molecule has 2 heteroatoms. The van der Waals surface area contributed by atoms with Crippen LogP contribution in [-0.2, 0) is 11.0 Å². The molecule has 0 saturated carbocycles. The molecule has 1 aromatic heterocycles. The minimum atomic E-state index is -0.128. The molecular formula is C37H49N2+. The molecule has 3 aromatic rings. The lowest BCUT2D eigenvalue weighted by Gasteiger charge is -2.48. The highest BCUT2D eigenvalue weighted by Crippen LogP contribution is 2.52. The molecule has 0 N–H and O–H groups in total. The van der Waals surface area contributed by atoms with E-state index in [1.807, 2.05) is 0 Å². The van der Waals surface area contributed by atoms with E-state index in [0.717, 1.165) is 12.8 Å². The van der Waals surface area contributed by atoms with Gasteiger partial charge in [-0.2, -0.15) is 4.57 Å². The van der Waals surface area contributed by atoms with Crippen molar-refractivity contribution in [2.45, 2.75) is 105 Å². The lowest BCUT2D eigenvalue weighted by atomic mass is 9.61. The summed E-state index contributed by atoms with van der Waals surface area (Å²) in [5.74, 6) is 1.83. The van der Waals surface area contributed by atoms with E-state index < -0.39 is 0 Å². The molecule has 0 bridgehead atoms. The second-order valence-corrected chi connectivity index (χ2v) is 13.0. The fraction of sp³-hybridized carbons (Fsp3) is 0.486. The Hall–Kier alpha value is -2.87. The maximum Gasteiger partial charge on any atom is 0.295 e. The summed E-state index contributed by atoms with van der Waals surface area (Å²) in [5, 5.41) is 0. The molecule has 1 aliphatic heterocycles. The zero-order valence-electron chi connectivity index (χ0n) is 25.6. The van der Waals surface area contributed by atoms with Gasteiger partial charge in [0.1, 0.15) is 11.2 Å². The van der Waals surface area contributed by atoms with Gasteiger partial charge in [0.25, 0.3) is 5.82 Å². The number of nitrogens with zero attached hydrogens (tertiary/aromatic N) is 2. The van der Waals surface area contributed by atoms with E-state index in [-0.39, 0.29) is 16.4 Å². The third-order valence-corrected chi connectivity index (χ3v) is 10.4. The van der Waals surface area contributed by atoms with Crippen molar-refractivity contribution in [2.24, 2.45) is 11.3 Å². The van der Waals surface area contributed by atoms with Crippen LogP contribution in [0.1, 0.15) is 99.5 Å². The largest absolute Gasteiger partial charge is 0.295 e. The molecule has 0 saturated heterocycles. The molecule has 0 amide bonds. The second-order valence-electron chi connectivity index (χ2n) is 13.0. The summed E-state index contributed by atoms with van der Waals surface area (Å²) >= 11 is 0. The number of benzene rings is 2. The Kier molecular flexibility index (Phi) is 7.29. The van der Waals surface area contributed by atoms with Gasteiger partial charge < -0.3 is 0 Å². The van der Waals surface area contributed by atoms with Crippen LogP contribution in [0.25, 0.3) is 28.1 Å². The number of rotatable bonds is 8. The van der Waals surface area contributed by atoms with E-state index >= 15 is 0 Å². The summed E-state index contributed by atoms with van der Waals surface area (Å²) in [6, 6.07) is 18.4. The summed E-state index contributed by atoms with van der Waals surface area (Å²) in [4.78, 5) is 0. The number of hydrogen-bond donors (Lipinski definition) is 0. The third kappa shape index (κ3) is 4.09. The second kappa shape index (κ2) is 10.3. The van der Waals surface area contributed by atoms with Crippen LogP contribution in [0.4, 0.5) is 0 Å². The first-order chi connectivity index (χ1) is 18.7. The van der Waals surface area contributed by atoms with E-state index in [2.05, 4.69) is 137 Å².